The molecule has 1 amide bonds. The molecule has 118 valence electrons. The Kier molecular flexibility index (Phi) is 4.15. The number of anilines is 1. The molecule has 1 aromatic carbocycles. The van der Waals surface area contributed by atoms with Gasteiger partial charge in [0, 0.05) is 18.2 Å². The van der Waals surface area contributed by atoms with Crippen molar-refractivity contribution in [3.05, 3.63) is 53.7 Å². The van der Waals surface area contributed by atoms with Crippen molar-refractivity contribution in [2.75, 3.05) is 5.32 Å². The molecule has 2 heterocycles. The lowest BCUT2D eigenvalue weighted by Gasteiger charge is -2.09. The molecule has 4 heteroatoms. The van der Waals surface area contributed by atoms with E-state index in [4.69, 9.17) is 4.98 Å². The van der Waals surface area contributed by atoms with Gasteiger partial charge in [0.05, 0.1) is 0 Å². The molecule has 0 unspecified atom stereocenters. The summed E-state index contributed by atoms with van der Waals surface area (Å²) in [6, 6.07) is 12.1. The molecule has 0 aliphatic carbocycles. The molecular weight excluding hydrogens is 286 g/mol. The summed E-state index contributed by atoms with van der Waals surface area (Å²) < 4.78 is 1.95. The highest BCUT2D eigenvalue weighted by atomic mass is 16.1. The van der Waals surface area contributed by atoms with Gasteiger partial charge in [-0.1, -0.05) is 31.2 Å². The average molecular weight is 307 g/mol. The summed E-state index contributed by atoms with van der Waals surface area (Å²) in [6.45, 7) is 6.10. The smallest absolute Gasteiger partial charge is 0.225 e. The molecule has 2 aromatic heterocycles. The second kappa shape index (κ2) is 6.24. The molecule has 0 saturated carbocycles. The van der Waals surface area contributed by atoms with E-state index >= 15 is 0 Å². The number of nitrogens with one attached hydrogen (secondary N) is 1. The number of aryl methyl sites for hydroxylation is 2. The summed E-state index contributed by atoms with van der Waals surface area (Å²) >= 11 is 0. The van der Waals surface area contributed by atoms with E-state index in [0.29, 0.717) is 6.42 Å². The molecule has 4 nitrogen and oxygen atoms in total. The number of aromatic nitrogens is 2. The number of benzene rings is 1. The lowest BCUT2D eigenvalue weighted by molar-refractivity contribution is -0.116. The summed E-state index contributed by atoms with van der Waals surface area (Å²) in [5.74, 6) is 0.762. The van der Waals surface area contributed by atoms with Gasteiger partial charge in [0.2, 0.25) is 5.91 Å². The summed E-state index contributed by atoms with van der Waals surface area (Å²) in [4.78, 5) is 16.9. The number of nitrogens with zero attached hydrogens (tertiary/aromatic N) is 2. The van der Waals surface area contributed by atoms with Crippen LogP contribution in [0, 0.1) is 13.8 Å². The minimum Gasteiger partial charge on any atom is -0.310 e. The molecule has 0 spiro atoms. The summed E-state index contributed by atoms with van der Waals surface area (Å²) in [6.07, 6.45) is 3.29. The lowest BCUT2D eigenvalue weighted by atomic mass is 10.1. The summed E-state index contributed by atoms with van der Waals surface area (Å²) in [7, 11) is 0. The van der Waals surface area contributed by atoms with Crippen molar-refractivity contribution in [3.63, 3.8) is 0 Å². The fraction of sp³-hybridized carbons (Fsp3) is 0.263. The van der Waals surface area contributed by atoms with E-state index in [1.807, 2.05) is 54.8 Å². The number of rotatable bonds is 4. The van der Waals surface area contributed by atoms with Crippen LogP contribution in [-0.4, -0.2) is 15.3 Å². The molecule has 0 radical (unpaired) electrons. The quantitative estimate of drug-likeness (QED) is 0.778. The van der Waals surface area contributed by atoms with Gasteiger partial charge in [0.25, 0.3) is 0 Å². The third-order valence-corrected chi connectivity index (χ3v) is 3.92. The fourth-order valence-electron chi connectivity index (χ4n) is 2.71. The zero-order valence-electron chi connectivity index (χ0n) is 13.8. The minimum atomic E-state index is 0.0182. The maximum Gasteiger partial charge on any atom is 0.225 e. The van der Waals surface area contributed by atoms with Crippen LogP contribution < -0.4 is 5.32 Å². The SMILES string of the molecule is CCCC(=O)Nc1c(-c2ccccc2C)nc2cc(C)ccn12. The van der Waals surface area contributed by atoms with Crippen LogP contribution >= 0.6 is 0 Å². The monoisotopic (exact) mass is 307 g/mol. The van der Waals surface area contributed by atoms with Crippen molar-refractivity contribution >= 4 is 17.4 Å². The van der Waals surface area contributed by atoms with E-state index in [1.165, 1.54) is 0 Å². The lowest BCUT2D eigenvalue weighted by Crippen LogP contribution is -2.13. The van der Waals surface area contributed by atoms with Crippen LogP contribution in [0.1, 0.15) is 30.9 Å². The maximum absolute atomic E-state index is 12.1. The van der Waals surface area contributed by atoms with E-state index < -0.39 is 0 Å². The van der Waals surface area contributed by atoms with Crippen LogP contribution in [0.3, 0.4) is 0 Å². The van der Waals surface area contributed by atoms with Crippen LogP contribution in [0.4, 0.5) is 5.82 Å². The number of hydrogen-bond donors (Lipinski definition) is 1. The van der Waals surface area contributed by atoms with Crippen LogP contribution in [0.2, 0.25) is 0 Å². The molecule has 3 rings (SSSR count). The van der Waals surface area contributed by atoms with Crippen LogP contribution in [0.15, 0.2) is 42.6 Å². The number of carbonyl (C=O) groups excluding carboxylic acids is 1. The first kappa shape index (κ1) is 15.3. The van der Waals surface area contributed by atoms with E-state index in [2.05, 4.69) is 18.3 Å². The summed E-state index contributed by atoms with van der Waals surface area (Å²) in [5, 5.41) is 3.04. The highest BCUT2D eigenvalue weighted by Crippen LogP contribution is 2.31. The number of carbonyl (C=O) groups is 1. The van der Waals surface area contributed by atoms with Gasteiger partial charge in [0.15, 0.2) is 0 Å². The van der Waals surface area contributed by atoms with E-state index in [-0.39, 0.29) is 5.91 Å². The predicted molar refractivity (Wildman–Crippen MR) is 93.6 cm³/mol. The molecule has 0 aliphatic heterocycles. The van der Waals surface area contributed by atoms with Crippen molar-refractivity contribution in [1.82, 2.24) is 9.38 Å². The molecule has 0 fully saturated rings. The molecular formula is C19H21N3O. The van der Waals surface area contributed by atoms with Gasteiger partial charge < -0.3 is 5.32 Å². The Morgan fingerprint density at radius 1 is 1.22 bits per heavy atom. The third-order valence-electron chi connectivity index (χ3n) is 3.92. The van der Waals surface area contributed by atoms with Crippen LogP contribution in [-0.2, 0) is 4.79 Å². The number of fused-ring (bicyclic) bond motifs is 1. The molecule has 0 bridgehead atoms. The Morgan fingerprint density at radius 2 is 2.00 bits per heavy atom. The topological polar surface area (TPSA) is 46.4 Å². The Hall–Kier alpha value is -2.62. The fourth-order valence-corrected chi connectivity index (χ4v) is 2.71. The number of amides is 1. The van der Waals surface area contributed by atoms with Gasteiger partial charge in [-0.05, 0) is 43.5 Å². The molecule has 0 atom stereocenters. The largest absolute Gasteiger partial charge is 0.310 e. The third kappa shape index (κ3) is 2.97. The van der Waals surface area contributed by atoms with Crippen LogP contribution in [0.25, 0.3) is 16.9 Å². The Labute approximate surface area is 136 Å². The molecule has 3 aromatic rings. The number of hydrogen-bond acceptors (Lipinski definition) is 2. The van der Waals surface area contributed by atoms with E-state index in [0.717, 1.165) is 40.3 Å². The van der Waals surface area contributed by atoms with Crippen molar-refractivity contribution in [1.29, 1.82) is 0 Å². The van der Waals surface area contributed by atoms with Gasteiger partial charge in [-0.25, -0.2) is 4.98 Å². The van der Waals surface area contributed by atoms with E-state index in [9.17, 15) is 4.79 Å². The van der Waals surface area contributed by atoms with Gasteiger partial charge in [-0.3, -0.25) is 9.20 Å². The van der Waals surface area contributed by atoms with Gasteiger partial charge >= 0.3 is 0 Å². The summed E-state index contributed by atoms with van der Waals surface area (Å²) in [5.41, 5.74) is 4.98. The second-order valence-electron chi connectivity index (χ2n) is 5.85. The van der Waals surface area contributed by atoms with Gasteiger partial charge in [0.1, 0.15) is 17.2 Å². The zero-order chi connectivity index (χ0) is 16.4. The van der Waals surface area contributed by atoms with Crippen LogP contribution in [0.5, 0.6) is 0 Å². The first-order valence-corrected chi connectivity index (χ1v) is 7.94. The second-order valence-corrected chi connectivity index (χ2v) is 5.85. The zero-order valence-corrected chi connectivity index (χ0v) is 13.8. The highest BCUT2D eigenvalue weighted by molar-refractivity contribution is 5.94. The van der Waals surface area contributed by atoms with Crippen molar-refractivity contribution < 1.29 is 4.79 Å². The predicted octanol–water partition coefficient (Wildman–Crippen LogP) is 4.36. The molecule has 0 aliphatic rings. The first-order chi connectivity index (χ1) is 11.1. The first-order valence-electron chi connectivity index (χ1n) is 7.94. The minimum absolute atomic E-state index is 0.0182. The van der Waals surface area contributed by atoms with Gasteiger partial charge in [-0.15, -0.1) is 0 Å². The Morgan fingerprint density at radius 3 is 2.74 bits per heavy atom. The van der Waals surface area contributed by atoms with E-state index in [1.54, 1.807) is 0 Å². The van der Waals surface area contributed by atoms with Crippen molar-refractivity contribution in [2.45, 2.75) is 33.6 Å². The normalized spacial score (nSPS) is 10.9. The molecule has 23 heavy (non-hydrogen) atoms. The standard InChI is InChI=1S/C19H21N3O/c1-4-7-17(23)21-19-18(15-9-6-5-8-14(15)3)20-16-12-13(2)10-11-22(16)19/h5-6,8-12H,4,7H2,1-3H3,(H,21,23). The van der Waals surface area contributed by atoms with Crippen molar-refractivity contribution in [3.8, 4) is 11.3 Å². The molecule has 0 saturated heterocycles. The number of pyridine rings is 1. The molecule has 1 N–H and O–H groups in total. The Bertz CT molecular complexity index is 864. The highest BCUT2D eigenvalue weighted by Gasteiger charge is 2.17. The number of imidazole rings is 1. The Balaban J connectivity index is 2.19. The average Bonchev–Trinajstić information content (AvgIpc) is 2.85. The van der Waals surface area contributed by atoms with Gasteiger partial charge in [-0.2, -0.15) is 0 Å². The maximum atomic E-state index is 12.1. The van der Waals surface area contributed by atoms with Crippen molar-refractivity contribution in [2.24, 2.45) is 0 Å².